The molecule has 148 valence electrons. The molecule has 1 heterocycles. The van der Waals surface area contributed by atoms with Crippen molar-refractivity contribution < 1.29 is 14.6 Å². The highest BCUT2D eigenvalue weighted by Gasteiger charge is 2.24. The lowest BCUT2D eigenvalue weighted by Crippen LogP contribution is -2.43. The quantitative estimate of drug-likeness (QED) is 0.704. The van der Waals surface area contributed by atoms with Crippen LogP contribution < -0.4 is 4.74 Å². The number of rotatable bonds is 6. The molecule has 1 N–H and O–H groups in total. The lowest BCUT2D eigenvalue weighted by molar-refractivity contribution is -0.0459. The minimum Gasteiger partial charge on any atom is -0.491 e. The maximum absolute atomic E-state index is 10.4. The van der Waals surface area contributed by atoms with Crippen LogP contribution >= 0.6 is 28.3 Å². The summed E-state index contributed by atoms with van der Waals surface area (Å²) >= 11 is 3.51. The van der Waals surface area contributed by atoms with Crippen LogP contribution in [0.4, 0.5) is 0 Å². The maximum Gasteiger partial charge on any atom is 0.122 e. The molecule has 6 heteroatoms. The number of β-amino-alcohol motifs (C(OH)–C–C–N with tert-alkyl or cyclic N) is 1. The Kier molecular flexibility index (Phi) is 8.58. The summed E-state index contributed by atoms with van der Waals surface area (Å²) in [7, 11) is 0. The van der Waals surface area contributed by atoms with E-state index in [9.17, 15) is 5.11 Å². The second-order valence-electron chi connectivity index (χ2n) is 6.91. The first-order chi connectivity index (χ1) is 12.5. The average molecular weight is 457 g/mol. The first-order valence-corrected chi connectivity index (χ1v) is 9.78. The predicted molar refractivity (Wildman–Crippen MR) is 114 cm³/mol. The largest absolute Gasteiger partial charge is 0.491 e. The smallest absolute Gasteiger partial charge is 0.122 e. The van der Waals surface area contributed by atoms with Gasteiger partial charge in [-0.15, -0.1) is 12.4 Å². The molecule has 0 aliphatic carbocycles. The van der Waals surface area contributed by atoms with E-state index < -0.39 is 6.10 Å². The highest BCUT2D eigenvalue weighted by atomic mass is 79.9. The summed E-state index contributed by atoms with van der Waals surface area (Å²) in [5, 5.41) is 10.4. The Labute approximate surface area is 176 Å². The Morgan fingerprint density at radius 2 is 2.07 bits per heavy atom. The number of halogens is 2. The van der Waals surface area contributed by atoms with Crippen molar-refractivity contribution in [1.29, 1.82) is 0 Å². The molecule has 0 saturated carbocycles. The van der Waals surface area contributed by atoms with E-state index in [1.807, 2.05) is 31.2 Å². The second kappa shape index (κ2) is 10.4. The lowest BCUT2D eigenvalue weighted by atomic mass is 10.1. The summed E-state index contributed by atoms with van der Waals surface area (Å²) in [6.45, 7) is 7.23. The van der Waals surface area contributed by atoms with Crippen LogP contribution in [-0.4, -0.2) is 49.0 Å². The fourth-order valence-corrected chi connectivity index (χ4v) is 3.69. The van der Waals surface area contributed by atoms with Crippen molar-refractivity contribution in [3.63, 3.8) is 0 Å². The molecule has 1 aliphatic heterocycles. The third-order valence-corrected chi connectivity index (χ3v) is 5.09. The molecule has 1 fully saturated rings. The number of aryl methyl sites for hydroxylation is 2. The van der Waals surface area contributed by atoms with Crippen molar-refractivity contribution in [3.8, 4) is 5.75 Å². The van der Waals surface area contributed by atoms with Crippen LogP contribution in [0.3, 0.4) is 0 Å². The van der Waals surface area contributed by atoms with Gasteiger partial charge in [-0.05, 0) is 43.2 Å². The number of morpholine rings is 1. The molecule has 0 radical (unpaired) electrons. The van der Waals surface area contributed by atoms with E-state index in [0.717, 1.165) is 34.4 Å². The highest BCUT2D eigenvalue weighted by molar-refractivity contribution is 9.10. The summed E-state index contributed by atoms with van der Waals surface area (Å²) in [6, 6.07) is 14.3. The molecule has 2 aromatic rings. The molecule has 0 aromatic heterocycles. The van der Waals surface area contributed by atoms with Crippen LogP contribution in [0.5, 0.6) is 5.75 Å². The van der Waals surface area contributed by atoms with Gasteiger partial charge in [-0.25, -0.2) is 0 Å². The molecule has 1 saturated heterocycles. The zero-order valence-corrected chi connectivity index (χ0v) is 18.1. The van der Waals surface area contributed by atoms with Gasteiger partial charge in [0.1, 0.15) is 18.5 Å². The van der Waals surface area contributed by atoms with Crippen LogP contribution in [0, 0.1) is 13.8 Å². The Hall–Kier alpha value is -1.11. The van der Waals surface area contributed by atoms with E-state index >= 15 is 0 Å². The second-order valence-corrected chi connectivity index (χ2v) is 7.82. The molecule has 2 atom stereocenters. The van der Waals surface area contributed by atoms with Gasteiger partial charge < -0.3 is 14.6 Å². The summed E-state index contributed by atoms with van der Waals surface area (Å²) in [5.41, 5.74) is 3.46. The predicted octanol–water partition coefficient (Wildman–Crippen LogP) is 4.30. The molecule has 0 bridgehead atoms. The number of hydrogen-bond donors (Lipinski definition) is 1. The first-order valence-electron chi connectivity index (χ1n) is 8.99. The Bertz CT molecular complexity index is 743. The van der Waals surface area contributed by atoms with Crippen LogP contribution in [0.1, 0.15) is 22.8 Å². The molecular weight excluding hydrogens is 430 g/mol. The Morgan fingerprint density at radius 3 is 2.81 bits per heavy atom. The topological polar surface area (TPSA) is 41.9 Å². The van der Waals surface area contributed by atoms with Gasteiger partial charge in [-0.1, -0.05) is 45.8 Å². The number of aliphatic hydroxyl groups excluding tert-OH is 1. The van der Waals surface area contributed by atoms with E-state index in [4.69, 9.17) is 9.47 Å². The van der Waals surface area contributed by atoms with Crippen molar-refractivity contribution in [2.75, 3.05) is 32.8 Å². The maximum atomic E-state index is 10.4. The summed E-state index contributed by atoms with van der Waals surface area (Å²) in [5.74, 6) is 0.837. The summed E-state index contributed by atoms with van der Waals surface area (Å²) in [4.78, 5) is 2.24. The number of aliphatic hydroxyl groups is 1. The van der Waals surface area contributed by atoms with Gasteiger partial charge in [0.15, 0.2) is 0 Å². The standard InChI is InChI=1S/C21H26BrNO3.ClH/c1-15-6-7-20(16(2)10-15)26-14-19(24)12-23-8-9-25-21(13-23)17-4-3-5-18(22)11-17;/h3-7,10-11,19,21,24H,8-9,12-14H2,1-2H3;1H. The molecule has 3 rings (SSSR count). The van der Waals surface area contributed by atoms with Gasteiger partial charge in [-0.3, -0.25) is 4.90 Å². The van der Waals surface area contributed by atoms with Crippen LogP contribution in [0.2, 0.25) is 0 Å². The normalized spacial score (nSPS) is 18.6. The molecule has 2 unspecified atom stereocenters. The molecular formula is C21H27BrClNO3. The Morgan fingerprint density at radius 1 is 1.26 bits per heavy atom. The third kappa shape index (κ3) is 6.47. The summed E-state index contributed by atoms with van der Waals surface area (Å²) < 4.78 is 12.8. The van der Waals surface area contributed by atoms with Crippen molar-refractivity contribution in [3.05, 3.63) is 63.6 Å². The molecule has 1 aliphatic rings. The van der Waals surface area contributed by atoms with E-state index in [-0.39, 0.29) is 18.5 Å². The molecule has 27 heavy (non-hydrogen) atoms. The van der Waals surface area contributed by atoms with Crippen molar-refractivity contribution in [2.45, 2.75) is 26.1 Å². The molecule has 0 amide bonds. The van der Waals surface area contributed by atoms with Crippen molar-refractivity contribution >= 4 is 28.3 Å². The lowest BCUT2D eigenvalue weighted by Gasteiger charge is -2.34. The third-order valence-electron chi connectivity index (χ3n) is 4.60. The van der Waals surface area contributed by atoms with Gasteiger partial charge in [0, 0.05) is 24.1 Å². The van der Waals surface area contributed by atoms with Crippen molar-refractivity contribution in [1.82, 2.24) is 4.90 Å². The van der Waals surface area contributed by atoms with Crippen LogP contribution in [0.25, 0.3) is 0 Å². The fraction of sp³-hybridized carbons (Fsp3) is 0.429. The SMILES string of the molecule is Cc1ccc(OCC(O)CN2CCOC(c3cccc(Br)c3)C2)c(C)c1.Cl. The Balaban J connectivity index is 0.00000261. The first kappa shape index (κ1) is 22.2. The van der Waals surface area contributed by atoms with E-state index in [0.29, 0.717) is 19.8 Å². The number of nitrogens with zero attached hydrogens (tertiary/aromatic N) is 1. The van der Waals surface area contributed by atoms with Gasteiger partial charge in [0.25, 0.3) is 0 Å². The minimum absolute atomic E-state index is 0. The average Bonchev–Trinajstić information content (AvgIpc) is 2.61. The van der Waals surface area contributed by atoms with Gasteiger partial charge >= 0.3 is 0 Å². The number of benzene rings is 2. The highest BCUT2D eigenvalue weighted by Crippen LogP contribution is 2.25. The minimum atomic E-state index is -0.531. The van der Waals surface area contributed by atoms with E-state index in [1.165, 1.54) is 5.56 Å². The van der Waals surface area contributed by atoms with Gasteiger partial charge in [-0.2, -0.15) is 0 Å². The molecule has 2 aromatic carbocycles. The number of hydrogen-bond acceptors (Lipinski definition) is 4. The van der Waals surface area contributed by atoms with Gasteiger partial charge in [0.05, 0.1) is 12.7 Å². The van der Waals surface area contributed by atoms with Crippen molar-refractivity contribution in [2.24, 2.45) is 0 Å². The number of ether oxygens (including phenoxy) is 2. The van der Waals surface area contributed by atoms with Crippen LogP contribution in [-0.2, 0) is 4.74 Å². The summed E-state index contributed by atoms with van der Waals surface area (Å²) in [6.07, 6.45) is -0.495. The van der Waals surface area contributed by atoms with Crippen LogP contribution in [0.15, 0.2) is 46.9 Å². The zero-order chi connectivity index (χ0) is 18.5. The van der Waals surface area contributed by atoms with Gasteiger partial charge in [0.2, 0.25) is 0 Å². The van der Waals surface area contributed by atoms with E-state index in [1.54, 1.807) is 0 Å². The zero-order valence-electron chi connectivity index (χ0n) is 15.7. The molecule has 0 spiro atoms. The fourth-order valence-electron chi connectivity index (χ4n) is 3.27. The monoisotopic (exact) mass is 455 g/mol. The molecule has 4 nitrogen and oxygen atoms in total. The van der Waals surface area contributed by atoms with E-state index in [2.05, 4.69) is 46.0 Å².